The standard InChI is InChI=1S/C15H20N2O.C14H16N2O2.CH3.Li/c1-14(2,15(3,4)18)13-10-11-16-17(13)12-8-6-5-7-9-12;1-14(2,13(17)18-3)12-9-10-15-16(12)11-7-5-4-6-8-11;;/h5-11,18H,1-4H3;4-10H,1-3H3;1H3;/q;;-1;+1. The molecule has 0 saturated heterocycles. The molecule has 198 valence electrons. The van der Waals surface area contributed by atoms with Crippen LogP contribution in [0.25, 0.3) is 11.4 Å². The SMILES string of the molecule is CC(C)(O)C(C)(C)c1ccnn1-c1ccccc1.COC(=O)C(C)(C)c1ccnn1-c1ccccc1.[CH3-].[Li+]. The van der Waals surface area contributed by atoms with E-state index in [1.165, 1.54) is 7.11 Å². The Morgan fingerprint density at radius 2 is 1.13 bits per heavy atom. The predicted octanol–water partition coefficient (Wildman–Crippen LogP) is 2.70. The van der Waals surface area contributed by atoms with E-state index in [4.69, 9.17) is 4.74 Å². The van der Waals surface area contributed by atoms with E-state index < -0.39 is 11.0 Å². The molecule has 2 aromatic heterocycles. The smallest absolute Gasteiger partial charge is 0.468 e. The maximum atomic E-state index is 11.9. The molecule has 8 heteroatoms. The third-order valence-corrected chi connectivity index (χ3v) is 6.79. The van der Waals surface area contributed by atoms with Crippen molar-refractivity contribution in [2.24, 2.45) is 0 Å². The molecule has 0 spiro atoms. The zero-order valence-electron chi connectivity index (χ0n) is 24.1. The van der Waals surface area contributed by atoms with Crippen molar-refractivity contribution in [2.75, 3.05) is 7.11 Å². The van der Waals surface area contributed by atoms with Crippen molar-refractivity contribution in [3.63, 3.8) is 0 Å². The minimum absolute atomic E-state index is 0. The fraction of sp³-hybridized carbons (Fsp3) is 0.333. The van der Waals surface area contributed by atoms with Crippen molar-refractivity contribution < 1.29 is 33.5 Å². The summed E-state index contributed by atoms with van der Waals surface area (Å²) in [5.41, 5.74) is 1.80. The summed E-state index contributed by atoms with van der Waals surface area (Å²) in [4.78, 5) is 11.9. The minimum atomic E-state index is -0.820. The molecule has 0 amide bonds. The van der Waals surface area contributed by atoms with Crippen LogP contribution in [0.3, 0.4) is 0 Å². The molecule has 0 aliphatic carbocycles. The molecule has 0 atom stereocenters. The van der Waals surface area contributed by atoms with Gasteiger partial charge in [0.15, 0.2) is 0 Å². The summed E-state index contributed by atoms with van der Waals surface area (Å²) in [5.74, 6) is -0.278. The van der Waals surface area contributed by atoms with Crippen LogP contribution >= 0.6 is 0 Å². The summed E-state index contributed by atoms with van der Waals surface area (Å²) in [6.07, 6.45) is 3.46. The summed E-state index contributed by atoms with van der Waals surface area (Å²) >= 11 is 0. The average Bonchev–Trinajstić information content (AvgIpc) is 3.55. The van der Waals surface area contributed by atoms with Gasteiger partial charge in [0.05, 0.1) is 35.5 Å². The number of rotatable bonds is 6. The zero-order valence-corrected chi connectivity index (χ0v) is 24.1. The number of aliphatic hydroxyl groups is 1. The van der Waals surface area contributed by atoms with Gasteiger partial charge >= 0.3 is 24.8 Å². The Bertz CT molecular complexity index is 1270. The van der Waals surface area contributed by atoms with Gasteiger partial charge in [-0.3, -0.25) is 4.79 Å². The largest absolute Gasteiger partial charge is 1.00 e. The van der Waals surface area contributed by atoms with Gasteiger partial charge in [-0.05, 0) is 64.1 Å². The van der Waals surface area contributed by atoms with Crippen molar-refractivity contribution in [3.8, 4) is 11.4 Å². The summed E-state index contributed by atoms with van der Waals surface area (Å²) in [6, 6.07) is 23.5. The summed E-state index contributed by atoms with van der Waals surface area (Å²) in [6.45, 7) is 11.4. The van der Waals surface area contributed by atoms with Crippen molar-refractivity contribution in [1.82, 2.24) is 19.6 Å². The molecule has 0 saturated carbocycles. The van der Waals surface area contributed by atoms with Crippen LogP contribution in [0.5, 0.6) is 0 Å². The molecule has 0 radical (unpaired) electrons. The number of nitrogens with zero attached hydrogens (tertiary/aromatic N) is 4. The molecule has 0 fully saturated rings. The quantitative estimate of drug-likeness (QED) is 0.245. The van der Waals surface area contributed by atoms with Crippen molar-refractivity contribution in [1.29, 1.82) is 0 Å². The zero-order chi connectivity index (χ0) is 26.6. The Hall–Kier alpha value is -3.11. The number of hydrogen-bond donors (Lipinski definition) is 1. The van der Waals surface area contributed by atoms with Crippen LogP contribution in [-0.4, -0.2) is 43.3 Å². The van der Waals surface area contributed by atoms with E-state index >= 15 is 0 Å². The number of para-hydroxylation sites is 2. The van der Waals surface area contributed by atoms with E-state index in [9.17, 15) is 9.90 Å². The second kappa shape index (κ2) is 13.1. The van der Waals surface area contributed by atoms with E-state index in [0.29, 0.717) is 0 Å². The Morgan fingerprint density at radius 3 is 1.53 bits per heavy atom. The number of esters is 1. The topological polar surface area (TPSA) is 82.2 Å². The predicted molar refractivity (Wildman–Crippen MR) is 148 cm³/mol. The fourth-order valence-electron chi connectivity index (χ4n) is 3.78. The second-order valence-corrected chi connectivity index (χ2v) is 10.2. The van der Waals surface area contributed by atoms with Gasteiger partial charge in [-0.15, -0.1) is 0 Å². The molecule has 7 nitrogen and oxygen atoms in total. The maximum Gasteiger partial charge on any atom is 1.00 e. The molecule has 2 heterocycles. The molecule has 0 aliphatic rings. The number of methoxy groups -OCH3 is 1. The van der Waals surface area contributed by atoms with Crippen LogP contribution in [0.15, 0.2) is 85.2 Å². The summed E-state index contributed by atoms with van der Waals surface area (Å²) < 4.78 is 8.50. The number of carbonyl (C=O) groups excluding carboxylic acids is 1. The molecule has 0 bridgehead atoms. The number of ether oxygens (including phenoxy) is 1. The van der Waals surface area contributed by atoms with Gasteiger partial charge in [-0.25, -0.2) is 9.36 Å². The molecule has 4 aromatic rings. The van der Waals surface area contributed by atoms with E-state index in [1.807, 2.05) is 119 Å². The first-order chi connectivity index (χ1) is 16.9. The van der Waals surface area contributed by atoms with Gasteiger partial charge < -0.3 is 17.3 Å². The number of aromatic nitrogens is 4. The van der Waals surface area contributed by atoms with Crippen LogP contribution in [0.4, 0.5) is 0 Å². The van der Waals surface area contributed by atoms with Crippen molar-refractivity contribution in [2.45, 2.75) is 58.0 Å². The number of benzene rings is 2. The van der Waals surface area contributed by atoms with E-state index in [2.05, 4.69) is 10.2 Å². The summed E-state index contributed by atoms with van der Waals surface area (Å²) in [5, 5.41) is 19.0. The maximum absolute atomic E-state index is 11.9. The van der Waals surface area contributed by atoms with Crippen molar-refractivity contribution >= 4 is 5.97 Å². The van der Waals surface area contributed by atoms with Gasteiger partial charge in [0, 0.05) is 17.8 Å². The Kier molecular flexibility index (Phi) is 11.4. The van der Waals surface area contributed by atoms with Gasteiger partial charge in [0.2, 0.25) is 0 Å². The third-order valence-electron chi connectivity index (χ3n) is 6.79. The third kappa shape index (κ3) is 6.85. The molecule has 0 aliphatic heterocycles. The fourth-order valence-corrected chi connectivity index (χ4v) is 3.78. The van der Waals surface area contributed by atoms with Gasteiger partial charge in [0.25, 0.3) is 0 Å². The first kappa shape index (κ1) is 32.9. The van der Waals surface area contributed by atoms with E-state index in [1.54, 1.807) is 17.1 Å². The Morgan fingerprint density at radius 1 is 0.737 bits per heavy atom. The molecular formula is C30H39LiN4O3. The molecule has 4 rings (SSSR count). The van der Waals surface area contributed by atoms with Crippen LogP contribution in [0.1, 0.15) is 52.9 Å². The second-order valence-electron chi connectivity index (χ2n) is 10.2. The first-order valence-electron chi connectivity index (χ1n) is 11.9. The average molecular weight is 511 g/mol. The number of carbonyl (C=O) groups is 1. The number of hydrogen-bond acceptors (Lipinski definition) is 5. The van der Waals surface area contributed by atoms with Gasteiger partial charge in [-0.1, -0.05) is 50.2 Å². The van der Waals surface area contributed by atoms with Crippen LogP contribution in [0, 0.1) is 7.43 Å². The van der Waals surface area contributed by atoms with Crippen LogP contribution in [0.2, 0.25) is 0 Å². The first-order valence-corrected chi connectivity index (χ1v) is 11.9. The van der Waals surface area contributed by atoms with Crippen molar-refractivity contribution in [3.05, 3.63) is 104 Å². The Labute approximate surface area is 239 Å². The molecular weight excluding hydrogens is 471 g/mol. The van der Waals surface area contributed by atoms with E-state index in [-0.39, 0.29) is 37.7 Å². The molecule has 1 N–H and O–H groups in total. The van der Waals surface area contributed by atoms with Gasteiger partial charge in [0.1, 0.15) is 5.41 Å². The molecule has 38 heavy (non-hydrogen) atoms. The Balaban J connectivity index is 0.000000361. The van der Waals surface area contributed by atoms with Crippen LogP contribution in [-0.2, 0) is 20.4 Å². The molecule has 0 unspecified atom stereocenters. The summed E-state index contributed by atoms with van der Waals surface area (Å²) in [7, 11) is 1.40. The molecule has 2 aromatic carbocycles. The van der Waals surface area contributed by atoms with Gasteiger partial charge in [-0.2, -0.15) is 10.2 Å². The monoisotopic (exact) mass is 510 g/mol. The van der Waals surface area contributed by atoms with E-state index in [0.717, 1.165) is 22.8 Å². The minimum Gasteiger partial charge on any atom is -0.468 e. The normalized spacial score (nSPS) is 11.4. The van der Waals surface area contributed by atoms with Crippen LogP contribution < -0.4 is 18.9 Å².